The highest BCUT2D eigenvalue weighted by Crippen LogP contribution is 1.94. The van der Waals surface area contributed by atoms with Crippen molar-refractivity contribution in [3.05, 3.63) is 24.5 Å². The third-order valence-electron chi connectivity index (χ3n) is 1.70. The van der Waals surface area contributed by atoms with Crippen molar-refractivity contribution in [1.82, 2.24) is 0 Å². The van der Waals surface area contributed by atoms with Gasteiger partial charge in [0.1, 0.15) is 6.61 Å². The van der Waals surface area contributed by atoms with Crippen LogP contribution >= 0.6 is 0 Å². The van der Waals surface area contributed by atoms with Crippen LogP contribution in [0.3, 0.4) is 0 Å². The van der Waals surface area contributed by atoms with Gasteiger partial charge >= 0.3 is 0 Å². The highest BCUT2D eigenvalue weighted by Gasteiger charge is 1.81. The van der Waals surface area contributed by atoms with Gasteiger partial charge in [0.15, 0.2) is 0 Å². The second-order valence-electron chi connectivity index (χ2n) is 2.97. The van der Waals surface area contributed by atoms with E-state index in [1.54, 1.807) is 6.26 Å². The number of hydrogen-bond acceptors (Lipinski definition) is 2. The molecular formula is C12H22O2. The van der Waals surface area contributed by atoms with E-state index in [1.165, 1.54) is 12.8 Å². The molecule has 2 nitrogen and oxygen atoms in total. The molecule has 0 aliphatic carbocycles. The van der Waals surface area contributed by atoms with Gasteiger partial charge in [-0.3, -0.25) is 0 Å². The predicted octanol–water partition coefficient (Wildman–Crippen LogP) is 3.30. The van der Waals surface area contributed by atoms with Crippen LogP contribution in [0.1, 0.15) is 33.1 Å². The molecule has 0 fully saturated rings. The van der Waals surface area contributed by atoms with Crippen LogP contribution in [0, 0.1) is 0 Å². The Morgan fingerprint density at radius 1 is 1.07 bits per heavy atom. The minimum absolute atomic E-state index is 0.632. The van der Waals surface area contributed by atoms with Crippen molar-refractivity contribution in [2.24, 2.45) is 0 Å². The summed E-state index contributed by atoms with van der Waals surface area (Å²) in [6, 6.07) is 0. The molecule has 0 aromatic heterocycles. The lowest BCUT2D eigenvalue weighted by Crippen LogP contribution is -1.99. The molecule has 0 saturated heterocycles. The van der Waals surface area contributed by atoms with Gasteiger partial charge in [-0.05, 0) is 19.4 Å². The van der Waals surface area contributed by atoms with Crippen LogP contribution in [0.5, 0.6) is 0 Å². The van der Waals surface area contributed by atoms with Crippen LogP contribution in [-0.4, -0.2) is 19.8 Å². The largest absolute Gasteiger partial charge is 0.499 e. The van der Waals surface area contributed by atoms with Gasteiger partial charge in [-0.25, -0.2) is 0 Å². The zero-order valence-corrected chi connectivity index (χ0v) is 9.37. The first-order valence-corrected chi connectivity index (χ1v) is 5.42. The predicted molar refractivity (Wildman–Crippen MR) is 60.3 cm³/mol. The van der Waals surface area contributed by atoms with E-state index >= 15 is 0 Å². The molecule has 0 unspecified atom stereocenters. The zero-order chi connectivity index (χ0) is 10.5. The van der Waals surface area contributed by atoms with Crippen LogP contribution in [0.4, 0.5) is 0 Å². The summed E-state index contributed by atoms with van der Waals surface area (Å²) in [5.74, 6) is 0. The van der Waals surface area contributed by atoms with Crippen molar-refractivity contribution in [3.63, 3.8) is 0 Å². The summed E-state index contributed by atoms with van der Waals surface area (Å²) in [5.41, 5.74) is 0. The van der Waals surface area contributed by atoms with Gasteiger partial charge in [0.2, 0.25) is 0 Å². The molecule has 0 spiro atoms. The molecule has 0 bridgehead atoms. The molecule has 0 amide bonds. The molecule has 0 aromatic carbocycles. The van der Waals surface area contributed by atoms with Crippen molar-refractivity contribution in [2.45, 2.75) is 33.1 Å². The van der Waals surface area contributed by atoms with E-state index < -0.39 is 0 Å². The lowest BCUT2D eigenvalue weighted by Gasteiger charge is -1.99. The van der Waals surface area contributed by atoms with E-state index in [4.69, 9.17) is 9.47 Å². The summed E-state index contributed by atoms with van der Waals surface area (Å²) >= 11 is 0. The number of rotatable bonds is 9. The zero-order valence-electron chi connectivity index (χ0n) is 9.37. The van der Waals surface area contributed by atoms with E-state index in [-0.39, 0.29) is 0 Å². The molecule has 2 heteroatoms. The van der Waals surface area contributed by atoms with Crippen LogP contribution < -0.4 is 0 Å². The Bertz CT molecular complexity index is 150. The SMILES string of the molecule is CCCC/C=C/C=C\OCCOCC. The summed E-state index contributed by atoms with van der Waals surface area (Å²) in [6.45, 7) is 6.23. The first-order chi connectivity index (χ1) is 6.91. The molecule has 14 heavy (non-hydrogen) atoms. The average molecular weight is 198 g/mol. The van der Waals surface area contributed by atoms with Gasteiger partial charge in [-0.2, -0.15) is 0 Å². The molecule has 0 rings (SSSR count). The summed E-state index contributed by atoms with van der Waals surface area (Å²) in [5, 5.41) is 0. The highest BCUT2D eigenvalue weighted by atomic mass is 16.5. The second kappa shape index (κ2) is 12.2. The minimum Gasteiger partial charge on any atom is -0.499 e. The molecule has 0 heterocycles. The monoisotopic (exact) mass is 198 g/mol. The fourth-order valence-corrected chi connectivity index (χ4v) is 0.917. The number of ether oxygens (including phenoxy) is 2. The summed E-state index contributed by atoms with van der Waals surface area (Å²) in [6.07, 6.45) is 11.5. The fourth-order valence-electron chi connectivity index (χ4n) is 0.917. The second-order valence-corrected chi connectivity index (χ2v) is 2.97. The smallest absolute Gasteiger partial charge is 0.111 e. The topological polar surface area (TPSA) is 18.5 Å². The first kappa shape index (κ1) is 13.2. The fraction of sp³-hybridized carbons (Fsp3) is 0.667. The van der Waals surface area contributed by atoms with Crippen LogP contribution in [0.15, 0.2) is 24.5 Å². The molecule has 82 valence electrons. The van der Waals surface area contributed by atoms with Crippen molar-refractivity contribution in [3.8, 4) is 0 Å². The Kier molecular flexibility index (Phi) is 11.6. The van der Waals surface area contributed by atoms with Crippen LogP contribution in [0.25, 0.3) is 0 Å². The van der Waals surface area contributed by atoms with Gasteiger partial charge in [0.05, 0.1) is 12.9 Å². The summed E-state index contributed by atoms with van der Waals surface area (Å²) in [7, 11) is 0. The molecule has 0 radical (unpaired) electrons. The Morgan fingerprint density at radius 2 is 1.93 bits per heavy atom. The van der Waals surface area contributed by atoms with Gasteiger partial charge in [-0.1, -0.05) is 31.9 Å². The van der Waals surface area contributed by atoms with Crippen molar-refractivity contribution < 1.29 is 9.47 Å². The third kappa shape index (κ3) is 11.2. The maximum absolute atomic E-state index is 5.19. The lowest BCUT2D eigenvalue weighted by molar-refractivity contribution is 0.0933. The Morgan fingerprint density at radius 3 is 2.64 bits per heavy atom. The van der Waals surface area contributed by atoms with Crippen molar-refractivity contribution in [2.75, 3.05) is 19.8 Å². The van der Waals surface area contributed by atoms with Crippen LogP contribution in [-0.2, 0) is 9.47 Å². The number of hydrogen-bond donors (Lipinski definition) is 0. The van der Waals surface area contributed by atoms with E-state index in [2.05, 4.69) is 13.0 Å². The molecule has 0 aliphatic heterocycles. The lowest BCUT2D eigenvalue weighted by atomic mass is 10.2. The van der Waals surface area contributed by atoms with Crippen molar-refractivity contribution >= 4 is 0 Å². The first-order valence-electron chi connectivity index (χ1n) is 5.42. The van der Waals surface area contributed by atoms with Gasteiger partial charge in [0, 0.05) is 6.61 Å². The van der Waals surface area contributed by atoms with Gasteiger partial charge in [0.25, 0.3) is 0 Å². The van der Waals surface area contributed by atoms with E-state index in [0.717, 1.165) is 13.0 Å². The quantitative estimate of drug-likeness (QED) is 0.321. The van der Waals surface area contributed by atoms with Gasteiger partial charge < -0.3 is 9.47 Å². The number of allylic oxidation sites excluding steroid dienone is 3. The third-order valence-corrected chi connectivity index (χ3v) is 1.70. The molecule has 0 aromatic rings. The van der Waals surface area contributed by atoms with Crippen LogP contribution in [0.2, 0.25) is 0 Å². The van der Waals surface area contributed by atoms with E-state index in [0.29, 0.717) is 13.2 Å². The maximum Gasteiger partial charge on any atom is 0.111 e. The molecule has 0 aliphatic rings. The highest BCUT2D eigenvalue weighted by molar-refractivity contribution is 4.99. The number of unbranched alkanes of at least 4 members (excludes halogenated alkanes) is 2. The maximum atomic E-state index is 5.19. The Hall–Kier alpha value is -0.760. The summed E-state index contributed by atoms with van der Waals surface area (Å²) < 4.78 is 10.3. The minimum atomic E-state index is 0.632. The standard InChI is InChI=1S/C12H22O2/c1-3-5-6-7-8-9-10-14-12-11-13-4-2/h7-10H,3-6,11-12H2,1-2H3/b8-7+,10-9-. The normalized spacial score (nSPS) is 11.6. The molecule has 0 atom stereocenters. The Labute approximate surface area is 87.6 Å². The average Bonchev–Trinajstić information content (AvgIpc) is 2.21. The van der Waals surface area contributed by atoms with Crippen molar-refractivity contribution in [1.29, 1.82) is 0 Å². The van der Waals surface area contributed by atoms with Gasteiger partial charge in [-0.15, -0.1) is 0 Å². The summed E-state index contributed by atoms with van der Waals surface area (Å²) in [4.78, 5) is 0. The van der Waals surface area contributed by atoms with E-state index in [1.807, 2.05) is 19.1 Å². The molecule has 0 N–H and O–H groups in total. The molecular weight excluding hydrogens is 176 g/mol. The van der Waals surface area contributed by atoms with E-state index in [9.17, 15) is 0 Å². The molecule has 0 saturated carbocycles. The Balaban J connectivity index is 3.14.